The normalized spacial score (nSPS) is 11.3. The molecule has 1 N–H and O–H groups in total. The Bertz CT molecular complexity index is 121. The van der Waals surface area contributed by atoms with E-state index in [4.69, 9.17) is 9.84 Å². The zero-order chi connectivity index (χ0) is 10.5. The summed E-state index contributed by atoms with van der Waals surface area (Å²) in [6.07, 6.45) is 11.4. The molecular weight excluding hydrogens is 176 g/mol. The maximum Gasteiger partial charge on any atom is 0.0648 e. The quantitative estimate of drug-likeness (QED) is 0.434. The summed E-state index contributed by atoms with van der Waals surface area (Å²) in [5.74, 6) is 0. The van der Waals surface area contributed by atoms with Crippen molar-refractivity contribution in [1.82, 2.24) is 0 Å². The van der Waals surface area contributed by atoms with E-state index in [1.165, 1.54) is 32.1 Å². The first-order valence-electron chi connectivity index (χ1n) is 5.75. The molecule has 14 heavy (non-hydrogen) atoms. The molecule has 0 unspecified atom stereocenters. The van der Waals surface area contributed by atoms with E-state index >= 15 is 0 Å². The summed E-state index contributed by atoms with van der Waals surface area (Å²) in [5.41, 5.74) is 0. The van der Waals surface area contributed by atoms with Gasteiger partial charge in [-0.05, 0) is 6.42 Å². The van der Waals surface area contributed by atoms with Gasteiger partial charge in [0.1, 0.15) is 0 Å². The van der Waals surface area contributed by atoms with Gasteiger partial charge in [-0.1, -0.05) is 51.2 Å². The zero-order valence-electron chi connectivity index (χ0n) is 9.37. The minimum absolute atomic E-state index is 0.111. The van der Waals surface area contributed by atoms with Crippen LogP contribution in [-0.2, 0) is 4.74 Å². The Kier molecular flexibility index (Phi) is 12.4. The van der Waals surface area contributed by atoms with Gasteiger partial charge in [0.15, 0.2) is 0 Å². The van der Waals surface area contributed by atoms with E-state index in [2.05, 4.69) is 6.92 Å². The second-order valence-corrected chi connectivity index (χ2v) is 3.50. The van der Waals surface area contributed by atoms with Crippen molar-refractivity contribution in [3.8, 4) is 0 Å². The third-order valence-corrected chi connectivity index (χ3v) is 2.13. The number of ether oxygens (including phenoxy) is 1. The molecular formula is C12H24O2. The van der Waals surface area contributed by atoms with Gasteiger partial charge in [0.2, 0.25) is 0 Å². The summed E-state index contributed by atoms with van der Waals surface area (Å²) in [5, 5.41) is 8.45. The van der Waals surface area contributed by atoms with Crippen molar-refractivity contribution in [3.05, 3.63) is 12.2 Å². The van der Waals surface area contributed by atoms with Crippen LogP contribution >= 0.6 is 0 Å². The molecule has 0 aliphatic rings. The lowest BCUT2D eigenvalue weighted by atomic mass is 10.1. The molecule has 0 aromatic heterocycles. The van der Waals surface area contributed by atoms with E-state index < -0.39 is 0 Å². The molecule has 0 atom stereocenters. The SMILES string of the molecule is CCCCCCCCOC/C=C\CO. The number of rotatable bonds is 10. The van der Waals surface area contributed by atoms with Gasteiger partial charge in [-0.3, -0.25) is 0 Å². The molecule has 2 nitrogen and oxygen atoms in total. The van der Waals surface area contributed by atoms with Gasteiger partial charge in [0.05, 0.1) is 13.2 Å². The van der Waals surface area contributed by atoms with Crippen LogP contribution in [0.25, 0.3) is 0 Å². The average Bonchev–Trinajstić information content (AvgIpc) is 2.21. The Morgan fingerprint density at radius 3 is 2.43 bits per heavy atom. The third kappa shape index (κ3) is 11.7. The first kappa shape index (κ1) is 13.7. The molecule has 0 rings (SSSR count). The average molecular weight is 200 g/mol. The Balaban J connectivity index is 2.88. The van der Waals surface area contributed by atoms with Gasteiger partial charge in [0, 0.05) is 6.61 Å². The Morgan fingerprint density at radius 2 is 1.71 bits per heavy atom. The molecule has 0 fully saturated rings. The summed E-state index contributed by atoms with van der Waals surface area (Å²) >= 11 is 0. The second-order valence-electron chi connectivity index (χ2n) is 3.50. The highest BCUT2D eigenvalue weighted by molar-refractivity contribution is 4.80. The lowest BCUT2D eigenvalue weighted by Gasteiger charge is -2.01. The highest BCUT2D eigenvalue weighted by Crippen LogP contribution is 2.04. The number of hydrogen-bond donors (Lipinski definition) is 1. The topological polar surface area (TPSA) is 29.5 Å². The van der Waals surface area contributed by atoms with Crippen molar-refractivity contribution >= 4 is 0 Å². The minimum Gasteiger partial charge on any atom is -0.392 e. The van der Waals surface area contributed by atoms with Crippen LogP contribution in [0.15, 0.2) is 12.2 Å². The molecule has 2 heteroatoms. The highest BCUT2D eigenvalue weighted by atomic mass is 16.5. The smallest absolute Gasteiger partial charge is 0.0648 e. The Labute approximate surface area is 88.0 Å². The van der Waals surface area contributed by atoms with E-state index in [0.717, 1.165) is 13.0 Å². The minimum atomic E-state index is 0.111. The second kappa shape index (κ2) is 12.7. The Morgan fingerprint density at radius 1 is 1.00 bits per heavy atom. The maximum absolute atomic E-state index is 8.45. The molecule has 0 aliphatic heterocycles. The van der Waals surface area contributed by atoms with Crippen LogP contribution in [0.3, 0.4) is 0 Å². The standard InChI is InChI=1S/C12H24O2/c1-2-3-4-5-6-8-11-14-12-9-7-10-13/h7,9,13H,2-6,8,10-12H2,1H3/b9-7-. The van der Waals surface area contributed by atoms with E-state index in [-0.39, 0.29) is 6.61 Å². The van der Waals surface area contributed by atoms with E-state index in [9.17, 15) is 0 Å². The van der Waals surface area contributed by atoms with Crippen LogP contribution in [0, 0.1) is 0 Å². The summed E-state index contributed by atoms with van der Waals surface area (Å²) < 4.78 is 5.34. The summed E-state index contributed by atoms with van der Waals surface area (Å²) in [4.78, 5) is 0. The van der Waals surface area contributed by atoms with E-state index in [0.29, 0.717) is 6.61 Å². The largest absolute Gasteiger partial charge is 0.392 e. The van der Waals surface area contributed by atoms with Gasteiger partial charge in [-0.2, -0.15) is 0 Å². The lowest BCUT2D eigenvalue weighted by Crippen LogP contribution is -1.94. The predicted molar refractivity (Wildman–Crippen MR) is 60.4 cm³/mol. The fourth-order valence-electron chi connectivity index (χ4n) is 1.28. The van der Waals surface area contributed by atoms with Crippen LogP contribution in [-0.4, -0.2) is 24.9 Å². The third-order valence-electron chi connectivity index (χ3n) is 2.13. The van der Waals surface area contributed by atoms with Crippen LogP contribution in [0.5, 0.6) is 0 Å². The van der Waals surface area contributed by atoms with Crippen LogP contribution in [0.2, 0.25) is 0 Å². The fourth-order valence-corrected chi connectivity index (χ4v) is 1.28. The molecule has 0 saturated carbocycles. The number of hydrogen-bond acceptors (Lipinski definition) is 2. The number of unbranched alkanes of at least 4 members (excludes halogenated alkanes) is 5. The predicted octanol–water partition coefficient (Wildman–Crippen LogP) is 2.91. The van der Waals surface area contributed by atoms with Gasteiger partial charge >= 0.3 is 0 Å². The monoisotopic (exact) mass is 200 g/mol. The lowest BCUT2D eigenvalue weighted by molar-refractivity contribution is 0.156. The van der Waals surface area contributed by atoms with Crippen molar-refractivity contribution in [3.63, 3.8) is 0 Å². The number of aliphatic hydroxyl groups excluding tert-OH is 1. The van der Waals surface area contributed by atoms with Gasteiger partial charge < -0.3 is 9.84 Å². The van der Waals surface area contributed by atoms with Crippen molar-refractivity contribution in [2.24, 2.45) is 0 Å². The molecule has 0 radical (unpaired) electrons. The maximum atomic E-state index is 8.45. The molecule has 0 saturated heterocycles. The number of aliphatic hydroxyl groups is 1. The molecule has 0 aromatic rings. The molecule has 0 aliphatic carbocycles. The summed E-state index contributed by atoms with van der Waals surface area (Å²) in [6, 6.07) is 0. The van der Waals surface area contributed by atoms with Crippen molar-refractivity contribution in [2.75, 3.05) is 19.8 Å². The first-order valence-corrected chi connectivity index (χ1v) is 5.75. The van der Waals surface area contributed by atoms with E-state index in [1.807, 2.05) is 6.08 Å². The molecule has 0 amide bonds. The van der Waals surface area contributed by atoms with Gasteiger partial charge in [-0.25, -0.2) is 0 Å². The van der Waals surface area contributed by atoms with Crippen LogP contribution in [0.1, 0.15) is 45.4 Å². The van der Waals surface area contributed by atoms with Crippen LogP contribution < -0.4 is 0 Å². The summed E-state index contributed by atoms with van der Waals surface area (Å²) in [7, 11) is 0. The van der Waals surface area contributed by atoms with Crippen molar-refractivity contribution in [2.45, 2.75) is 45.4 Å². The molecule has 0 heterocycles. The molecule has 84 valence electrons. The highest BCUT2D eigenvalue weighted by Gasteiger charge is 1.89. The van der Waals surface area contributed by atoms with Gasteiger partial charge in [0.25, 0.3) is 0 Å². The van der Waals surface area contributed by atoms with E-state index in [1.54, 1.807) is 6.08 Å². The first-order chi connectivity index (χ1) is 6.91. The molecule has 0 aromatic carbocycles. The Hall–Kier alpha value is -0.340. The summed E-state index contributed by atoms with van der Waals surface area (Å²) in [6.45, 7) is 3.83. The molecule has 0 bridgehead atoms. The molecule has 0 spiro atoms. The van der Waals surface area contributed by atoms with Crippen LogP contribution in [0.4, 0.5) is 0 Å². The van der Waals surface area contributed by atoms with Gasteiger partial charge in [-0.15, -0.1) is 0 Å². The fraction of sp³-hybridized carbons (Fsp3) is 0.833. The van der Waals surface area contributed by atoms with Crippen molar-refractivity contribution in [1.29, 1.82) is 0 Å². The zero-order valence-corrected chi connectivity index (χ0v) is 9.37. The van der Waals surface area contributed by atoms with Crippen molar-refractivity contribution < 1.29 is 9.84 Å².